The van der Waals surface area contributed by atoms with Gasteiger partial charge in [-0.2, -0.15) is 10.2 Å². The number of aromatic amines is 1. The first-order chi connectivity index (χ1) is 18.4. The van der Waals surface area contributed by atoms with Crippen LogP contribution in [-0.4, -0.2) is 48.4 Å². The number of nitrogens with zero attached hydrogens (tertiary/aromatic N) is 5. The predicted molar refractivity (Wildman–Crippen MR) is 142 cm³/mol. The van der Waals surface area contributed by atoms with Crippen LogP contribution in [0.5, 0.6) is 0 Å². The van der Waals surface area contributed by atoms with Crippen LogP contribution in [0.1, 0.15) is 41.0 Å². The third-order valence-electron chi connectivity index (χ3n) is 7.22. The summed E-state index contributed by atoms with van der Waals surface area (Å²) >= 11 is 0. The van der Waals surface area contributed by atoms with E-state index in [4.69, 9.17) is 0 Å². The van der Waals surface area contributed by atoms with Gasteiger partial charge >= 0.3 is 0 Å². The van der Waals surface area contributed by atoms with Gasteiger partial charge in [0.25, 0.3) is 11.5 Å². The fourth-order valence-electron chi connectivity index (χ4n) is 4.93. The van der Waals surface area contributed by atoms with Gasteiger partial charge in [0, 0.05) is 43.7 Å². The number of H-pyrrole nitrogens is 1. The molecule has 11 heteroatoms. The van der Waals surface area contributed by atoms with Gasteiger partial charge in [0.05, 0.1) is 22.6 Å². The molecule has 2 aliphatic heterocycles. The lowest BCUT2D eigenvalue weighted by molar-refractivity contribution is 0.102. The molecule has 38 heavy (non-hydrogen) atoms. The first-order valence-electron chi connectivity index (χ1n) is 12.9. The number of aryl methyl sites for hydroxylation is 3. The fraction of sp³-hybridized carbons (Fsp3) is 0.333. The largest absolute Gasteiger partial charge is 0.351 e. The second-order valence-electron chi connectivity index (χ2n) is 9.91. The van der Waals surface area contributed by atoms with E-state index < -0.39 is 11.4 Å². The number of hydrogen-bond acceptors (Lipinski definition) is 6. The average Bonchev–Trinajstić information content (AvgIpc) is 3.47. The van der Waals surface area contributed by atoms with Gasteiger partial charge in [-0.25, -0.2) is 9.49 Å². The Balaban J connectivity index is 1.21. The molecule has 1 aromatic carbocycles. The third kappa shape index (κ3) is 4.84. The summed E-state index contributed by atoms with van der Waals surface area (Å²) in [7, 11) is 1.88. The monoisotopic (exact) mass is 516 g/mol. The van der Waals surface area contributed by atoms with Crippen LogP contribution in [0.4, 0.5) is 21.6 Å². The summed E-state index contributed by atoms with van der Waals surface area (Å²) in [5.74, 6) is -0.381. The van der Waals surface area contributed by atoms with E-state index in [1.807, 2.05) is 25.4 Å². The van der Waals surface area contributed by atoms with Crippen LogP contribution in [0.3, 0.4) is 0 Å². The van der Waals surface area contributed by atoms with E-state index in [1.54, 1.807) is 16.8 Å². The van der Waals surface area contributed by atoms with Crippen molar-refractivity contribution in [3.8, 4) is 11.3 Å². The number of amides is 1. The summed E-state index contributed by atoms with van der Waals surface area (Å²) in [5.41, 5.74) is 3.52. The van der Waals surface area contributed by atoms with Crippen molar-refractivity contribution in [2.45, 2.75) is 38.8 Å². The molecule has 0 saturated carbocycles. The van der Waals surface area contributed by atoms with E-state index in [9.17, 15) is 14.0 Å². The zero-order valence-corrected chi connectivity index (χ0v) is 21.1. The van der Waals surface area contributed by atoms with Crippen molar-refractivity contribution in [1.29, 1.82) is 0 Å². The predicted octanol–water partition coefficient (Wildman–Crippen LogP) is 3.65. The molecule has 2 aliphatic rings. The highest BCUT2D eigenvalue weighted by atomic mass is 19.1. The Bertz CT molecular complexity index is 1540. The second kappa shape index (κ2) is 9.90. The number of carbonyl (C=O) groups excluding carboxylic acids is 1. The van der Waals surface area contributed by atoms with Gasteiger partial charge in [0.2, 0.25) is 0 Å². The Hall–Kier alpha value is -4.25. The van der Waals surface area contributed by atoms with E-state index in [0.717, 1.165) is 56.8 Å². The van der Waals surface area contributed by atoms with Crippen molar-refractivity contribution in [3.63, 3.8) is 0 Å². The van der Waals surface area contributed by atoms with Crippen LogP contribution >= 0.6 is 0 Å². The molecule has 3 aromatic heterocycles. The number of nitrogens with one attached hydrogen (secondary N) is 3. The molecule has 6 rings (SSSR count). The quantitative estimate of drug-likeness (QED) is 0.346. The Kier molecular flexibility index (Phi) is 6.28. The van der Waals surface area contributed by atoms with Crippen molar-refractivity contribution in [2.24, 2.45) is 7.05 Å². The lowest BCUT2D eigenvalue weighted by atomic mass is 10.1. The Morgan fingerprint density at radius 3 is 2.74 bits per heavy atom. The number of carbonyl (C=O) groups is 1. The normalized spacial score (nSPS) is 15.1. The molecule has 0 aliphatic carbocycles. The Labute approximate surface area is 218 Å². The first kappa shape index (κ1) is 24.1. The van der Waals surface area contributed by atoms with Crippen molar-refractivity contribution in [1.82, 2.24) is 29.4 Å². The number of aromatic nitrogens is 5. The number of likely N-dealkylation sites (tertiary alicyclic amines) is 1. The fourth-order valence-corrected chi connectivity index (χ4v) is 4.93. The highest BCUT2D eigenvalue weighted by molar-refractivity contribution is 6.04. The van der Waals surface area contributed by atoms with Gasteiger partial charge in [-0.1, -0.05) is 0 Å². The topological polar surface area (TPSA) is 113 Å². The van der Waals surface area contributed by atoms with E-state index >= 15 is 0 Å². The molecule has 4 aromatic rings. The van der Waals surface area contributed by atoms with Crippen LogP contribution in [0.15, 0.2) is 47.4 Å². The van der Waals surface area contributed by atoms with Gasteiger partial charge in [0.15, 0.2) is 5.82 Å². The zero-order valence-electron chi connectivity index (χ0n) is 21.1. The molecule has 3 N–H and O–H groups in total. The molecule has 0 bridgehead atoms. The van der Waals surface area contributed by atoms with E-state index in [2.05, 4.69) is 35.4 Å². The van der Waals surface area contributed by atoms with Crippen molar-refractivity contribution in [3.05, 3.63) is 75.7 Å². The van der Waals surface area contributed by atoms with Crippen LogP contribution in [-0.2, 0) is 26.6 Å². The molecule has 196 valence electrons. The molecule has 0 radical (unpaired) electrons. The summed E-state index contributed by atoms with van der Waals surface area (Å²) < 4.78 is 18.5. The van der Waals surface area contributed by atoms with Gasteiger partial charge < -0.3 is 15.2 Å². The lowest BCUT2D eigenvalue weighted by Crippen LogP contribution is -2.36. The minimum absolute atomic E-state index is 0.0412. The maximum absolute atomic E-state index is 14.7. The highest BCUT2D eigenvalue weighted by Gasteiger charge is 2.19. The maximum atomic E-state index is 14.7. The standard InChI is InChI=1S/C27H29FN8O2/c1-34-20(16-35-8-4-9-35)13-25(33-34)29-24-14-22(31-32-27(24)38)17-6-7-21(28)23(12-17)30-26(37)18-11-19-5-2-3-10-36(19)15-18/h6-7,11-15H,2-5,8-10,16H2,1H3,(H,30,37)(H,32,38)(H,29,31,33). The van der Waals surface area contributed by atoms with Crippen LogP contribution in [0.2, 0.25) is 0 Å². The Morgan fingerprint density at radius 2 is 1.95 bits per heavy atom. The third-order valence-corrected chi connectivity index (χ3v) is 7.22. The number of hydrogen-bond donors (Lipinski definition) is 3. The van der Waals surface area contributed by atoms with Gasteiger partial charge in [0.1, 0.15) is 11.5 Å². The number of benzene rings is 1. The number of fused-ring (bicyclic) bond motifs is 1. The molecule has 0 spiro atoms. The number of rotatable bonds is 7. The van der Waals surface area contributed by atoms with Gasteiger partial charge in [-0.05, 0) is 69.1 Å². The smallest absolute Gasteiger partial charge is 0.287 e. The summed E-state index contributed by atoms with van der Waals surface area (Å²) in [5, 5.41) is 16.9. The van der Waals surface area contributed by atoms with Gasteiger partial charge in [-0.15, -0.1) is 0 Å². The number of anilines is 3. The first-order valence-corrected chi connectivity index (χ1v) is 12.9. The lowest BCUT2D eigenvalue weighted by Gasteiger charge is -2.30. The summed E-state index contributed by atoms with van der Waals surface area (Å²) in [4.78, 5) is 27.7. The molecule has 0 unspecified atom stereocenters. The van der Waals surface area contributed by atoms with Crippen molar-refractivity contribution < 1.29 is 9.18 Å². The molecular weight excluding hydrogens is 487 g/mol. The molecule has 1 fully saturated rings. The van der Waals surface area contributed by atoms with E-state index in [-0.39, 0.29) is 17.3 Å². The summed E-state index contributed by atoms with van der Waals surface area (Å²) in [6.07, 6.45) is 6.15. The van der Waals surface area contributed by atoms with Crippen LogP contribution in [0.25, 0.3) is 11.3 Å². The molecular formula is C27H29FN8O2. The van der Waals surface area contributed by atoms with Crippen molar-refractivity contribution in [2.75, 3.05) is 23.7 Å². The van der Waals surface area contributed by atoms with E-state index in [1.165, 1.54) is 18.6 Å². The molecule has 10 nitrogen and oxygen atoms in total. The molecule has 1 amide bonds. The van der Waals surface area contributed by atoms with E-state index in [0.29, 0.717) is 22.6 Å². The average molecular weight is 517 g/mol. The van der Waals surface area contributed by atoms with Crippen LogP contribution < -0.4 is 16.2 Å². The number of halogens is 1. The minimum Gasteiger partial charge on any atom is -0.351 e. The maximum Gasteiger partial charge on any atom is 0.287 e. The zero-order chi connectivity index (χ0) is 26.2. The Morgan fingerprint density at radius 1 is 1.08 bits per heavy atom. The van der Waals surface area contributed by atoms with Crippen molar-refractivity contribution >= 4 is 23.1 Å². The molecule has 5 heterocycles. The minimum atomic E-state index is -0.558. The van der Waals surface area contributed by atoms with Gasteiger partial charge in [-0.3, -0.25) is 19.2 Å². The molecule has 0 atom stereocenters. The second-order valence-corrected chi connectivity index (χ2v) is 9.91. The molecule has 1 saturated heterocycles. The SMILES string of the molecule is Cn1nc(Nc2cc(-c3ccc(F)c(NC(=O)c4cc5n(c4)CCCC5)c3)n[nH]c2=O)cc1CN1CCC1. The van der Waals surface area contributed by atoms with Crippen LogP contribution in [0, 0.1) is 5.82 Å². The summed E-state index contributed by atoms with van der Waals surface area (Å²) in [6, 6.07) is 9.71. The highest BCUT2D eigenvalue weighted by Crippen LogP contribution is 2.26. The summed E-state index contributed by atoms with van der Waals surface area (Å²) in [6.45, 7) is 3.85.